The minimum atomic E-state index is -0.560. The van der Waals surface area contributed by atoms with Crippen LogP contribution in [-0.4, -0.2) is 10.8 Å². The molecule has 1 amide bonds. The average molecular weight is 356 g/mol. The molecule has 0 unspecified atom stereocenters. The third-order valence-electron chi connectivity index (χ3n) is 2.60. The van der Waals surface area contributed by atoms with Crippen LogP contribution in [-0.2, 0) is 6.61 Å². The Morgan fingerprint density at radius 3 is 2.90 bits per heavy atom. The van der Waals surface area contributed by atoms with Crippen LogP contribution in [0.15, 0.2) is 39.4 Å². The van der Waals surface area contributed by atoms with Gasteiger partial charge in [-0.25, -0.2) is 5.84 Å². The van der Waals surface area contributed by atoms with Crippen molar-refractivity contribution in [2.24, 2.45) is 5.84 Å². The van der Waals surface area contributed by atoms with Gasteiger partial charge < -0.3 is 9.15 Å². The Labute approximate surface area is 127 Å². The van der Waals surface area contributed by atoms with Gasteiger partial charge in [0.2, 0.25) is 0 Å². The zero-order valence-corrected chi connectivity index (χ0v) is 12.1. The molecule has 1 aromatic heterocycles. The third kappa shape index (κ3) is 3.38. The van der Waals surface area contributed by atoms with Crippen LogP contribution in [0, 0.1) is 10.1 Å². The largest absolute Gasteiger partial charge is 0.479 e. The number of carbonyl (C=O) groups is 1. The van der Waals surface area contributed by atoms with E-state index in [2.05, 4.69) is 15.9 Å². The number of furan rings is 1. The summed E-state index contributed by atoms with van der Waals surface area (Å²) in [6.45, 7) is -0.141. The lowest BCUT2D eigenvalue weighted by atomic mass is 10.2. The standard InChI is InChI=1S/C12H10BrN3O5/c13-7-1-2-10(9(5-7)16(18)19)21-6-11-8(3-4-20-11)12(17)15-14/h1-5H,6,14H2,(H,15,17). The maximum Gasteiger partial charge on any atom is 0.312 e. The quantitative estimate of drug-likeness (QED) is 0.366. The first-order valence-electron chi connectivity index (χ1n) is 5.67. The summed E-state index contributed by atoms with van der Waals surface area (Å²) in [4.78, 5) is 21.9. The van der Waals surface area contributed by atoms with Crippen molar-refractivity contribution in [1.29, 1.82) is 0 Å². The van der Waals surface area contributed by atoms with Gasteiger partial charge in [0.1, 0.15) is 6.61 Å². The number of nitrogens with one attached hydrogen (secondary N) is 1. The van der Waals surface area contributed by atoms with Crippen molar-refractivity contribution in [3.05, 3.63) is 56.4 Å². The van der Waals surface area contributed by atoms with Crippen molar-refractivity contribution in [1.82, 2.24) is 5.43 Å². The predicted molar refractivity (Wildman–Crippen MR) is 75.5 cm³/mol. The van der Waals surface area contributed by atoms with Crippen LogP contribution in [0.5, 0.6) is 5.75 Å². The van der Waals surface area contributed by atoms with E-state index in [-0.39, 0.29) is 29.4 Å². The van der Waals surface area contributed by atoms with E-state index in [9.17, 15) is 14.9 Å². The molecule has 3 N–H and O–H groups in total. The Kier molecular flexibility index (Phi) is 4.55. The van der Waals surface area contributed by atoms with E-state index in [1.807, 2.05) is 5.43 Å². The second-order valence-electron chi connectivity index (χ2n) is 3.89. The highest BCUT2D eigenvalue weighted by atomic mass is 79.9. The molecule has 0 fully saturated rings. The number of hydrogen-bond acceptors (Lipinski definition) is 6. The van der Waals surface area contributed by atoms with Gasteiger partial charge in [-0.2, -0.15) is 0 Å². The second kappa shape index (κ2) is 6.37. The zero-order valence-electron chi connectivity index (χ0n) is 10.5. The first-order valence-corrected chi connectivity index (χ1v) is 6.46. The number of nitro benzene ring substituents is 1. The van der Waals surface area contributed by atoms with Crippen LogP contribution in [0.2, 0.25) is 0 Å². The molecule has 0 saturated heterocycles. The van der Waals surface area contributed by atoms with Gasteiger partial charge in [0.25, 0.3) is 5.91 Å². The number of carbonyl (C=O) groups excluding carboxylic acids is 1. The second-order valence-corrected chi connectivity index (χ2v) is 4.80. The third-order valence-corrected chi connectivity index (χ3v) is 3.09. The Morgan fingerprint density at radius 2 is 2.24 bits per heavy atom. The smallest absolute Gasteiger partial charge is 0.312 e. The van der Waals surface area contributed by atoms with Crippen molar-refractivity contribution in [2.75, 3.05) is 0 Å². The molecular formula is C12H10BrN3O5. The molecule has 0 saturated carbocycles. The van der Waals surface area contributed by atoms with Gasteiger partial charge in [-0.1, -0.05) is 15.9 Å². The molecule has 0 aliphatic heterocycles. The van der Waals surface area contributed by atoms with Gasteiger partial charge in [-0.05, 0) is 18.2 Å². The normalized spacial score (nSPS) is 10.2. The monoisotopic (exact) mass is 355 g/mol. The summed E-state index contributed by atoms with van der Waals surface area (Å²) >= 11 is 3.15. The van der Waals surface area contributed by atoms with Crippen molar-refractivity contribution < 1.29 is 18.9 Å². The molecule has 1 heterocycles. The van der Waals surface area contributed by atoms with E-state index < -0.39 is 10.8 Å². The van der Waals surface area contributed by atoms with Gasteiger partial charge in [0.15, 0.2) is 11.5 Å². The highest BCUT2D eigenvalue weighted by Gasteiger charge is 2.18. The maximum absolute atomic E-state index is 11.5. The number of nitrogens with zero attached hydrogens (tertiary/aromatic N) is 1. The number of nitrogen functional groups attached to an aromatic ring is 1. The molecule has 0 radical (unpaired) electrons. The fourth-order valence-electron chi connectivity index (χ4n) is 1.63. The first kappa shape index (κ1) is 15.0. The number of amides is 1. The fourth-order valence-corrected chi connectivity index (χ4v) is 1.98. The summed E-state index contributed by atoms with van der Waals surface area (Å²) in [5.74, 6) is 4.79. The number of halogens is 1. The summed E-state index contributed by atoms with van der Waals surface area (Å²) in [5, 5.41) is 11.0. The van der Waals surface area contributed by atoms with Crippen molar-refractivity contribution in [2.45, 2.75) is 6.61 Å². The Hall–Kier alpha value is -2.39. The van der Waals surface area contributed by atoms with Crippen LogP contribution < -0.4 is 16.0 Å². The highest BCUT2D eigenvalue weighted by molar-refractivity contribution is 9.10. The van der Waals surface area contributed by atoms with Crippen molar-refractivity contribution in [3.63, 3.8) is 0 Å². The summed E-state index contributed by atoms with van der Waals surface area (Å²) in [5.41, 5.74) is 1.99. The van der Waals surface area contributed by atoms with Crippen LogP contribution in [0.3, 0.4) is 0 Å². The lowest BCUT2D eigenvalue weighted by Gasteiger charge is -2.06. The number of ether oxygens (including phenoxy) is 1. The Bertz CT molecular complexity index is 685. The number of hydrogen-bond donors (Lipinski definition) is 2. The predicted octanol–water partition coefficient (Wildman–Crippen LogP) is 2.13. The molecule has 8 nitrogen and oxygen atoms in total. The van der Waals surface area contributed by atoms with Gasteiger partial charge >= 0.3 is 5.69 Å². The molecule has 0 bridgehead atoms. The Morgan fingerprint density at radius 1 is 1.48 bits per heavy atom. The van der Waals surface area contributed by atoms with E-state index in [1.54, 1.807) is 6.07 Å². The van der Waals surface area contributed by atoms with Crippen LogP contribution in [0.1, 0.15) is 16.1 Å². The Balaban J connectivity index is 2.19. The van der Waals surface area contributed by atoms with Crippen LogP contribution in [0.25, 0.3) is 0 Å². The molecule has 110 valence electrons. The summed E-state index contributed by atoms with van der Waals surface area (Å²) in [7, 11) is 0. The number of rotatable bonds is 5. The molecule has 0 aliphatic carbocycles. The molecule has 2 aromatic rings. The average Bonchev–Trinajstić information content (AvgIpc) is 2.93. The van der Waals surface area contributed by atoms with Crippen LogP contribution in [0.4, 0.5) is 5.69 Å². The van der Waals surface area contributed by atoms with Gasteiger partial charge in [-0.15, -0.1) is 0 Å². The topological polar surface area (TPSA) is 121 Å². The molecule has 0 atom stereocenters. The lowest BCUT2D eigenvalue weighted by molar-refractivity contribution is -0.386. The molecule has 0 spiro atoms. The minimum absolute atomic E-state index is 0.0682. The van der Waals surface area contributed by atoms with E-state index in [0.717, 1.165) is 0 Å². The molecule has 2 rings (SSSR count). The summed E-state index contributed by atoms with van der Waals surface area (Å²) < 4.78 is 11.0. The number of benzene rings is 1. The van der Waals surface area contributed by atoms with Gasteiger partial charge in [0, 0.05) is 10.5 Å². The van der Waals surface area contributed by atoms with E-state index in [4.69, 9.17) is 15.0 Å². The molecule has 21 heavy (non-hydrogen) atoms. The maximum atomic E-state index is 11.5. The van der Waals surface area contributed by atoms with Gasteiger partial charge in [-0.3, -0.25) is 20.3 Å². The minimum Gasteiger partial charge on any atom is -0.479 e. The number of nitro groups is 1. The number of hydrazine groups is 1. The molecular weight excluding hydrogens is 346 g/mol. The molecule has 9 heteroatoms. The first-order chi connectivity index (χ1) is 10.0. The van der Waals surface area contributed by atoms with Gasteiger partial charge in [0.05, 0.1) is 16.7 Å². The molecule has 0 aliphatic rings. The lowest BCUT2D eigenvalue weighted by Crippen LogP contribution is -2.30. The van der Waals surface area contributed by atoms with E-state index in [1.165, 1.54) is 24.5 Å². The zero-order chi connectivity index (χ0) is 15.4. The van der Waals surface area contributed by atoms with E-state index >= 15 is 0 Å². The van der Waals surface area contributed by atoms with Crippen LogP contribution >= 0.6 is 15.9 Å². The SMILES string of the molecule is NNC(=O)c1ccoc1COc1ccc(Br)cc1[N+](=O)[O-]. The van der Waals surface area contributed by atoms with Crippen molar-refractivity contribution >= 4 is 27.5 Å². The highest BCUT2D eigenvalue weighted by Crippen LogP contribution is 2.30. The molecule has 1 aromatic carbocycles. The summed E-state index contributed by atoms with van der Waals surface area (Å²) in [6.07, 6.45) is 1.30. The number of nitrogens with two attached hydrogens (primary N) is 1. The summed E-state index contributed by atoms with van der Waals surface area (Å²) in [6, 6.07) is 5.81. The van der Waals surface area contributed by atoms with E-state index in [0.29, 0.717) is 4.47 Å². The van der Waals surface area contributed by atoms with Crippen molar-refractivity contribution in [3.8, 4) is 5.75 Å². The fraction of sp³-hybridized carbons (Fsp3) is 0.0833.